The molecule has 0 radical (unpaired) electrons. The molecule has 0 aliphatic carbocycles. The molecule has 1 atom stereocenters. The highest BCUT2D eigenvalue weighted by atomic mass is 32.1. The zero-order chi connectivity index (χ0) is 14.5. The summed E-state index contributed by atoms with van der Waals surface area (Å²) >= 11 is 3.00. The molecule has 0 aliphatic rings. The van der Waals surface area contributed by atoms with Gasteiger partial charge in [-0.2, -0.15) is 11.3 Å². The van der Waals surface area contributed by atoms with Crippen molar-refractivity contribution in [3.05, 3.63) is 27.9 Å². The maximum Gasteiger partial charge on any atom is 0.263 e. The van der Waals surface area contributed by atoms with Crippen LogP contribution >= 0.6 is 22.7 Å². The van der Waals surface area contributed by atoms with E-state index in [4.69, 9.17) is 0 Å². The van der Waals surface area contributed by atoms with E-state index < -0.39 is 0 Å². The molecular weight excluding hydrogens is 292 g/mol. The molecule has 0 fully saturated rings. The van der Waals surface area contributed by atoms with Crippen LogP contribution < -0.4 is 5.32 Å². The summed E-state index contributed by atoms with van der Waals surface area (Å²) in [5, 5.41) is 17.4. The molecule has 2 rings (SSSR count). The number of thiazole rings is 1. The molecule has 4 nitrogen and oxygen atoms in total. The number of carbonyl (C=O) groups excluding carboxylic acids is 1. The standard InChI is InChI=1S/C14H18N2O2S2/c1-9(2)11(17)3-5-15-13(18)12-7-16-14(20-12)10-4-6-19-8-10/h4,6-9,11,17H,3,5H2,1-2H3,(H,15,18). The molecule has 0 aromatic carbocycles. The zero-order valence-corrected chi connectivity index (χ0v) is 13.1. The number of thiophene rings is 1. The highest BCUT2D eigenvalue weighted by Crippen LogP contribution is 2.26. The number of aliphatic hydroxyl groups excluding tert-OH is 1. The monoisotopic (exact) mass is 310 g/mol. The van der Waals surface area contributed by atoms with Gasteiger partial charge in [-0.3, -0.25) is 4.79 Å². The van der Waals surface area contributed by atoms with Gasteiger partial charge in [0.2, 0.25) is 0 Å². The number of hydrogen-bond acceptors (Lipinski definition) is 5. The lowest BCUT2D eigenvalue weighted by Gasteiger charge is -2.14. The van der Waals surface area contributed by atoms with Gasteiger partial charge in [0.05, 0.1) is 12.3 Å². The minimum Gasteiger partial charge on any atom is -0.393 e. The molecule has 0 aliphatic heterocycles. The average molecular weight is 310 g/mol. The summed E-state index contributed by atoms with van der Waals surface area (Å²) in [4.78, 5) is 16.8. The van der Waals surface area contributed by atoms with Crippen molar-refractivity contribution in [2.24, 2.45) is 5.92 Å². The third-order valence-corrected chi connectivity index (χ3v) is 4.72. The summed E-state index contributed by atoms with van der Waals surface area (Å²) in [6.45, 7) is 4.40. The predicted octanol–water partition coefficient (Wildman–Crippen LogP) is 3.01. The second-order valence-corrected chi connectivity index (χ2v) is 6.71. The minimum atomic E-state index is -0.377. The van der Waals surface area contributed by atoms with E-state index in [1.165, 1.54) is 11.3 Å². The van der Waals surface area contributed by atoms with Crippen LogP contribution in [0, 0.1) is 5.92 Å². The van der Waals surface area contributed by atoms with Gasteiger partial charge in [0.1, 0.15) is 9.88 Å². The summed E-state index contributed by atoms with van der Waals surface area (Å²) < 4.78 is 0. The molecule has 2 N–H and O–H groups in total. The van der Waals surface area contributed by atoms with Crippen LogP contribution in [0.25, 0.3) is 10.6 Å². The molecule has 2 aromatic heterocycles. The second kappa shape index (κ2) is 6.97. The molecule has 0 saturated carbocycles. The lowest BCUT2D eigenvalue weighted by Crippen LogP contribution is -2.28. The van der Waals surface area contributed by atoms with Crippen LogP contribution in [-0.2, 0) is 0 Å². The van der Waals surface area contributed by atoms with Gasteiger partial charge in [-0.15, -0.1) is 11.3 Å². The summed E-state index contributed by atoms with van der Waals surface area (Å²) in [6.07, 6.45) is 1.80. The van der Waals surface area contributed by atoms with E-state index in [9.17, 15) is 9.90 Å². The molecule has 2 aromatic rings. The fourth-order valence-electron chi connectivity index (χ4n) is 1.65. The number of nitrogens with one attached hydrogen (secondary N) is 1. The molecule has 20 heavy (non-hydrogen) atoms. The van der Waals surface area contributed by atoms with Gasteiger partial charge in [0, 0.05) is 17.5 Å². The quantitative estimate of drug-likeness (QED) is 0.862. The normalized spacial score (nSPS) is 12.6. The number of aliphatic hydroxyl groups is 1. The van der Waals surface area contributed by atoms with E-state index in [0.29, 0.717) is 17.8 Å². The number of hydrogen-bond donors (Lipinski definition) is 2. The van der Waals surface area contributed by atoms with Gasteiger partial charge in [-0.05, 0) is 23.8 Å². The number of carbonyl (C=O) groups is 1. The maximum atomic E-state index is 12.0. The Kier molecular flexibility index (Phi) is 5.28. The van der Waals surface area contributed by atoms with Crippen LogP contribution in [0.3, 0.4) is 0 Å². The van der Waals surface area contributed by atoms with Crippen molar-refractivity contribution in [1.82, 2.24) is 10.3 Å². The molecule has 6 heteroatoms. The molecule has 108 valence electrons. The third-order valence-electron chi connectivity index (χ3n) is 2.99. The van der Waals surface area contributed by atoms with Crippen LogP contribution in [0.4, 0.5) is 0 Å². The number of nitrogens with zero attached hydrogens (tertiary/aromatic N) is 1. The van der Waals surface area contributed by atoms with Crippen LogP contribution in [0.1, 0.15) is 29.9 Å². The first kappa shape index (κ1) is 15.2. The first-order chi connectivity index (χ1) is 9.58. The van der Waals surface area contributed by atoms with Gasteiger partial charge in [0.25, 0.3) is 5.91 Å². The SMILES string of the molecule is CC(C)C(O)CCNC(=O)c1cnc(-c2ccsc2)s1. The van der Waals surface area contributed by atoms with Crippen LogP contribution in [-0.4, -0.2) is 28.6 Å². The Bertz CT molecular complexity index is 549. The largest absolute Gasteiger partial charge is 0.393 e. The summed E-state index contributed by atoms with van der Waals surface area (Å²) in [7, 11) is 0. The Morgan fingerprint density at radius 2 is 2.30 bits per heavy atom. The Balaban J connectivity index is 1.87. The van der Waals surface area contributed by atoms with Crippen molar-refractivity contribution < 1.29 is 9.90 Å². The first-order valence-corrected chi connectivity index (χ1v) is 8.28. The summed E-state index contributed by atoms with van der Waals surface area (Å²) in [5.41, 5.74) is 1.05. The Morgan fingerprint density at radius 3 is 2.95 bits per heavy atom. The van der Waals surface area contributed by atoms with E-state index in [1.54, 1.807) is 17.5 Å². The highest BCUT2D eigenvalue weighted by Gasteiger charge is 2.13. The number of aromatic nitrogens is 1. The van der Waals surface area contributed by atoms with Gasteiger partial charge in [-0.25, -0.2) is 4.98 Å². The van der Waals surface area contributed by atoms with Crippen molar-refractivity contribution in [3.8, 4) is 10.6 Å². The van der Waals surface area contributed by atoms with Gasteiger partial charge < -0.3 is 10.4 Å². The average Bonchev–Trinajstić information content (AvgIpc) is 3.08. The van der Waals surface area contributed by atoms with Gasteiger partial charge >= 0.3 is 0 Å². The highest BCUT2D eigenvalue weighted by molar-refractivity contribution is 7.17. The topological polar surface area (TPSA) is 62.2 Å². The third kappa shape index (κ3) is 3.88. The van der Waals surface area contributed by atoms with Gasteiger partial charge in [-0.1, -0.05) is 13.8 Å². The van der Waals surface area contributed by atoms with Gasteiger partial charge in [0.15, 0.2) is 0 Å². The van der Waals surface area contributed by atoms with Crippen molar-refractivity contribution in [3.63, 3.8) is 0 Å². The van der Waals surface area contributed by atoms with E-state index in [-0.39, 0.29) is 17.9 Å². The smallest absolute Gasteiger partial charge is 0.263 e. The summed E-state index contributed by atoms with van der Waals surface area (Å²) in [6, 6.07) is 1.99. The van der Waals surface area contributed by atoms with E-state index in [0.717, 1.165) is 10.6 Å². The van der Waals surface area contributed by atoms with Crippen LogP contribution in [0.5, 0.6) is 0 Å². The van der Waals surface area contributed by atoms with Crippen molar-refractivity contribution >= 4 is 28.6 Å². The predicted molar refractivity (Wildman–Crippen MR) is 83.2 cm³/mol. The minimum absolute atomic E-state index is 0.125. The lowest BCUT2D eigenvalue weighted by atomic mass is 10.0. The zero-order valence-electron chi connectivity index (χ0n) is 11.5. The number of rotatable bonds is 6. The van der Waals surface area contributed by atoms with Crippen molar-refractivity contribution in [2.75, 3.05) is 6.54 Å². The molecule has 1 amide bonds. The second-order valence-electron chi connectivity index (χ2n) is 4.90. The Hall–Kier alpha value is -1.24. The molecular formula is C14H18N2O2S2. The Labute approximate surface area is 126 Å². The van der Waals surface area contributed by atoms with Crippen molar-refractivity contribution in [1.29, 1.82) is 0 Å². The molecule has 2 heterocycles. The number of amides is 1. The maximum absolute atomic E-state index is 12.0. The lowest BCUT2D eigenvalue weighted by molar-refractivity contribution is 0.0923. The fraction of sp³-hybridized carbons (Fsp3) is 0.429. The van der Waals surface area contributed by atoms with E-state index in [2.05, 4.69) is 10.3 Å². The molecule has 0 saturated heterocycles. The fourth-order valence-corrected chi connectivity index (χ4v) is 3.20. The first-order valence-electron chi connectivity index (χ1n) is 6.52. The molecule has 1 unspecified atom stereocenters. The molecule has 0 spiro atoms. The van der Waals surface area contributed by atoms with E-state index in [1.807, 2.05) is 30.7 Å². The molecule has 0 bridgehead atoms. The van der Waals surface area contributed by atoms with Crippen molar-refractivity contribution in [2.45, 2.75) is 26.4 Å². The summed E-state index contributed by atoms with van der Waals surface area (Å²) in [5.74, 6) is 0.0837. The van der Waals surface area contributed by atoms with Crippen LogP contribution in [0.15, 0.2) is 23.0 Å². The van der Waals surface area contributed by atoms with E-state index >= 15 is 0 Å². The Morgan fingerprint density at radius 1 is 1.50 bits per heavy atom. The van der Waals surface area contributed by atoms with Crippen LogP contribution in [0.2, 0.25) is 0 Å².